The third-order valence-electron chi connectivity index (χ3n) is 5.14. The first-order valence-electron chi connectivity index (χ1n) is 9.10. The number of nitrogens with one attached hydrogen (secondary N) is 1. The minimum Gasteiger partial charge on any atom is -0.310 e. The lowest BCUT2D eigenvalue weighted by molar-refractivity contribution is 0.210. The van der Waals surface area contributed by atoms with Crippen LogP contribution >= 0.6 is 0 Å². The summed E-state index contributed by atoms with van der Waals surface area (Å²) < 4.78 is 0. The maximum Gasteiger partial charge on any atom is 0.0348 e. The fourth-order valence-corrected chi connectivity index (χ4v) is 4.01. The summed E-state index contributed by atoms with van der Waals surface area (Å²) in [5.41, 5.74) is 3.02. The molecular weight excluding hydrogens is 254 g/mol. The van der Waals surface area contributed by atoms with Gasteiger partial charge in [-0.05, 0) is 48.8 Å². The van der Waals surface area contributed by atoms with Crippen molar-refractivity contribution < 1.29 is 0 Å². The molecular formula is C20H33N. The van der Waals surface area contributed by atoms with E-state index in [9.17, 15) is 0 Å². The molecule has 2 rings (SSSR count). The Kier molecular flexibility index (Phi) is 6.76. The Morgan fingerprint density at radius 3 is 2.76 bits per heavy atom. The van der Waals surface area contributed by atoms with E-state index in [2.05, 4.69) is 50.4 Å². The lowest BCUT2D eigenvalue weighted by Gasteiger charge is -2.35. The highest BCUT2D eigenvalue weighted by Crippen LogP contribution is 2.38. The van der Waals surface area contributed by atoms with E-state index in [4.69, 9.17) is 0 Å². The molecule has 1 N–H and O–H groups in total. The van der Waals surface area contributed by atoms with Crippen molar-refractivity contribution in [3.8, 4) is 0 Å². The lowest BCUT2D eigenvalue weighted by atomic mass is 9.75. The predicted molar refractivity (Wildman–Crippen MR) is 92.6 cm³/mol. The minimum absolute atomic E-state index is 0.557. The SMILES string of the molecule is CCCc1cccc(C(NCC)C2CCCC(CC)C2)c1. The molecule has 0 aromatic heterocycles. The van der Waals surface area contributed by atoms with Gasteiger partial charge in [0.25, 0.3) is 0 Å². The Balaban J connectivity index is 2.15. The normalized spacial score (nSPS) is 24.0. The standard InChI is InChI=1S/C20H33N/c1-4-9-17-11-8-13-19(15-17)20(21-6-3)18-12-7-10-16(5-2)14-18/h8,11,13,15-16,18,20-21H,4-7,9-10,12,14H2,1-3H3. The van der Waals surface area contributed by atoms with Crippen LogP contribution in [0, 0.1) is 11.8 Å². The Labute approximate surface area is 131 Å². The fourth-order valence-electron chi connectivity index (χ4n) is 4.01. The smallest absolute Gasteiger partial charge is 0.0348 e. The Morgan fingerprint density at radius 2 is 2.05 bits per heavy atom. The summed E-state index contributed by atoms with van der Waals surface area (Å²) >= 11 is 0. The molecule has 1 aromatic rings. The maximum absolute atomic E-state index is 3.78. The van der Waals surface area contributed by atoms with Gasteiger partial charge in [-0.25, -0.2) is 0 Å². The third kappa shape index (κ3) is 4.57. The summed E-state index contributed by atoms with van der Waals surface area (Å²) in [7, 11) is 0. The van der Waals surface area contributed by atoms with Crippen molar-refractivity contribution >= 4 is 0 Å². The first-order valence-corrected chi connectivity index (χ1v) is 9.10. The van der Waals surface area contributed by atoms with E-state index < -0.39 is 0 Å². The van der Waals surface area contributed by atoms with Crippen LogP contribution in [0.2, 0.25) is 0 Å². The van der Waals surface area contributed by atoms with E-state index in [1.807, 2.05) is 0 Å². The zero-order chi connectivity index (χ0) is 15.1. The maximum atomic E-state index is 3.78. The van der Waals surface area contributed by atoms with Gasteiger partial charge in [0, 0.05) is 6.04 Å². The predicted octanol–water partition coefficient (Wildman–Crippen LogP) is 5.51. The van der Waals surface area contributed by atoms with Gasteiger partial charge in [-0.3, -0.25) is 0 Å². The Bertz CT molecular complexity index is 412. The quantitative estimate of drug-likeness (QED) is 0.697. The summed E-state index contributed by atoms with van der Waals surface area (Å²) in [5.74, 6) is 1.77. The highest BCUT2D eigenvalue weighted by Gasteiger charge is 2.28. The van der Waals surface area contributed by atoms with Crippen molar-refractivity contribution in [2.24, 2.45) is 11.8 Å². The molecule has 0 heterocycles. The highest BCUT2D eigenvalue weighted by molar-refractivity contribution is 5.27. The molecule has 1 heteroatoms. The van der Waals surface area contributed by atoms with Crippen LogP contribution in [-0.4, -0.2) is 6.54 Å². The highest BCUT2D eigenvalue weighted by atomic mass is 14.9. The van der Waals surface area contributed by atoms with E-state index in [1.54, 1.807) is 0 Å². The molecule has 3 unspecified atom stereocenters. The molecule has 21 heavy (non-hydrogen) atoms. The molecule has 1 saturated carbocycles. The van der Waals surface area contributed by atoms with Crippen LogP contribution in [0.5, 0.6) is 0 Å². The average Bonchev–Trinajstić information content (AvgIpc) is 2.53. The number of rotatable bonds is 7. The van der Waals surface area contributed by atoms with Crippen molar-refractivity contribution in [1.29, 1.82) is 0 Å². The summed E-state index contributed by atoms with van der Waals surface area (Å²) in [4.78, 5) is 0. The van der Waals surface area contributed by atoms with E-state index in [1.165, 1.54) is 56.1 Å². The van der Waals surface area contributed by atoms with Crippen molar-refractivity contribution in [2.45, 2.75) is 71.8 Å². The topological polar surface area (TPSA) is 12.0 Å². The van der Waals surface area contributed by atoms with Crippen LogP contribution in [-0.2, 0) is 6.42 Å². The van der Waals surface area contributed by atoms with E-state index in [0.717, 1.165) is 18.4 Å². The molecule has 0 aliphatic heterocycles. The first kappa shape index (κ1) is 16.5. The van der Waals surface area contributed by atoms with Gasteiger partial charge in [0.15, 0.2) is 0 Å². The van der Waals surface area contributed by atoms with Crippen LogP contribution in [0.1, 0.15) is 76.5 Å². The lowest BCUT2D eigenvalue weighted by Crippen LogP contribution is -2.31. The number of aryl methyl sites for hydroxylation is 1. The number of hydrogen-bond acceptors (Lipinski definition) is 1. The second-order valence-electron chi connectivity index (χ2n) is 6.73. The van der Waals surface area contributed by atoms with Gasteiger partial charge in [0.1, 0.15) is 0 Å². The zero-order valence-corrected chi connectivity index (χ0v) is 14.2. The molecule has 1 aliphatic rings. The molecule has 1 fully saturated rings. The second kappa shape index (κ2) is 8.58. The molecule has 1 aliphatic carbocycles. The van der Waals surface area contributed by atoms with Gasteiger partial charge >= 0.3 is 0 Å². The molecule has 1 aromatic carbocycles. The van der Waals surface area contributed by atoms with Crippen LogP contribution in [0.3, 0.4) is 0 Å². The van der Waals surface area contributed by atoms with Crippen LogP contribution in [0.25, 0.3) is 0 Å². The summed E-state index contributed by atoms with van der Waals surface area (Å²) in [6, 6.07) is 9.88. The van der Waals surface area contributed by atoms with E-state index >= 15 is 0 Å². The average molecular weight is 287 g/mol. The van der Waals surface area contributed by atoms with Gasteiger partial charge in [0.05, 0.1) is 0 Å². The largest absolute Gasteiger partial charge is 0.310 e. The van der Waals surface area contributed by atoms with Crippen molar-refractivity contribution in [2.75, 3.05) is 6.54 Å². The van der Waals surface area contributed by atoms with Crippen molar-refractivity contribution in [3.05, 3.63) is 35.4 Å². The monoisotopic (exact) mass is 287 g/mol. The van der Waals surface area contributed by atoms with Crippen molar-refractivity contribution in [3.63, 3.8) is 0 Å². The first-order chi connectivity index (χ1) is 10.3. The Hall–Kier alpha value is -0.820. The van der Waals surface area contributed by atoms with Gasteiger partial charge in [-0.2, -0.15) is 0 Å². The molecule has 0 saturated heterocycles. The van der Waals surface area contributed by atoms with Gasteiger partial charge in [0.2, 0.25) is 0 Å². The zero-order valence-electron chi connectivity index (χ0n) is 14.2. The second-order valence-corrected chi connectivity index (χ2v) is 6.73. The van der Waals surface area contributed by atoms with Gasteiger partial charge in [-0.15, -0.1) is 0 Å². The van der Waals surface area contributed by atoms with Crippen molar-refractivity contribution in [1.82, 2.24) is 5.32 Å². The van der Waals surface area contributed by atoms with Crippen LogP contribution in [0.4, 0.5) is 0 Å². The number of hydrogen-bond donors (Lipinski definition) is 1. The van der Waals surface area contributed by atoms with E-state index in [-0.39, 0.29) is 0 Å². The molecule has 0 radical (unpaired) electrons. The van der Waals surface area contributed by atoms with E-state index in [0.29, 0.717) is 6.04 Å². The fraction of sp³-hybridized carbons (Fsp3) is 0.700. The summed E-state index contributed by atoms with van der Waals surface area (Å²) in [6.07, 6.45) is 9.45. The molecule has 3 atom stereocenters. The Morgan fingerprint density at radius 1 is 1.19 bits per heavy atom. The minimum atomic E-state index is 0.557. The van der Waals surface area contributed by atoms with Crippen LogP contribution < -0.4 is 5.32 Å². The van der Waals surface area contributed by atoms with Gasteiger partial charge in [-0.1, -0.05) is 70.7 Å². The van der Waals surface area contributed by atoms with Crippen LogP contribution in [0.15, 0.2) is 24.3 Å². The molecule has 1 nitrogen and oxygen atoms in total. The summed E-state index contributed by atoms with van der Waals surface area (Å²) in [5, 5.41) is 3.78. The van der Waals surface area contributed by atoms with Gasteiger partial charge < -0.3 is 5.32 Å². The molecule has 0 bridgehead atoms. The molecule has 0 amide bonds. The molecule has 0 spiro atoms. The summed E-state index contributed by atoms with van der Waals surface area (Å²) in [6.45, 7) is 7.93. The number of benzene rings is 1. The molecule has 118 valence electrons. The third-order valence-corrected chi connectivity index (χ3v) is 5.14.